The number of ether oxygens (including phenoxy) is 1. The Morgan fingerprint density at radius 3 is 1.49 bits per heavy atom. The molecule has 17 nitrogen and oxygen atoms in total. The highest BCUT2D eigenvalue weighted by Gasteiger charge is 2.51. The highest BCUT2D eigenvalue weighted by molar-refractivity contribution is 7.89. The SMILES string of the molecule is CC1Cn2c(C(F)(F)F)ccc2C2(CCN(C(=O)c3ccc(OC(C)C)cc3F)CC2)N1.CCNS(=O)(=O)c1ccc(C(=O)N2CCC3(CC2)c2ccc(C(F)(F)F)n2CCN3C)cc1C.CN1CCn2c(C(F)(F)F)ccc2C12CCN(C(=O)c1ccc(C(C)(C)O)cc1)CC2.[HH]. The molecule has 1 unspecified atom stereocenters. The van der Waals surface area contributed by atoms with E-state index in [1.807, 2.05) is 34.9 Å². The van der Waals surface area contributed by atoms with E-state index in [1.165, 1.54) is 50.1 Å². The highest BCUT2D eigenvalue weighted by atomic mass is 32.2. The van der Waals surface area contributed by atoms with Gasteiger partial charge in [0.2, 0.25) is 10.0 Å². The largest absolute Gasteiger partial charge is 0.491 e. The lowest BCUT2D eigenvalue weighted by Gasteiger charge is -2.50. The fourth-order valence-corrected chi connectivity index (χ4v) is 16.4. The van der Waals surface area contributed by atoms with Crippen LogP contribution < -0.4 is 14.8 Å². The van der Waals surface area contributed by atoms with E-state index in [-0.39, 0.29) is 55.5 Å². The molecule has 28 heteroatoms. The lowest BCUT2D eigenvalue weighted by atomic mass is 9.81. The Kier molecular flexibility index (Phi) is 20.3. The average Bonchev–Trinajstić information content (AvgIpc) is 1.67. The van der Waals surface area contributed by atoms with Crippen LogP contribution in [0.3, 0.4) is 0 Å². The Bertz CT molecular complexity index is 3990. The van der Waals surface area contributed by atoms with Gasteiger partial charge in [-0.1, -0.05) is 19.1 Å². The maximum Gasteiger partial charge on any atom is 0.431 e. The van der Waals surface area contributed by atoms with Crippen LogP contribution in [0, 0.1) is 12.7 Å². The minimum atomic E-state index is -4.42. The molecule has 3 aromatic heterocycles. The van der Waals surface area contributed by atoms with Gasteiger partial charge in [0.15, 0.2) is 0 Å². The van der Waals surface area contributed by atoms with Gasteiger partial charge in [-0.2, -0.15) is 39.5 Å². The molecule has 0 radical (unpaired) electrons. The zero-order chi connectivity index (χ0) is 70.8. The number of aromatic nitrogens is 3. The van der Waals surface area contributed by atoms with Gasteiger partial charge in [0, 0.05) is 120 Å². The van der Waals surface area contributed by atoms with Crippen molar-refractivity contribution in [2.75, 3.05) is 73.0 Å². The first-order valence-corrected chi connectivity index (χ1v) is 34.1. The predicted octanol–water partition coefficient (Wildman–Crippen LogP) is 11.8. The number of nitrogens with zero attached hydrogens (tertiary/aromatic N) is 8. The molecule has 3 N–H and O–H groups in total. The zero-order valence-electron chi connectivity index (χ0n) is 55.8. The van der Waals surface area contributed by atoms with Gasteiger partial charge < -0.3 is 43.6 Å². The Labute approximate surface area is 559 Å². The molecule has 3 spiro atoms. The van der Waals surface area contributed by atoms with E-state index in [4.69, 9.17) is 4.74 Å². The van der Waals surface area contributed by atoms with Crippen molar-refractivity contribution in [2.45, 2.75) is 164 Å². The molecule has 6 aliphatic heterocycles. The Morgan fingerprint density at radius 1 is 0.608 bits per heavy atom. The Hall–Kier alpha value is -7.24. The summed E-state index contributed by atoms with van der Waals surface area (Å²) in [5.74, 6) is -1.03. The molecule has 6 aromatic rings. The van der Waals surface area contributed by atoms with Gasteiger partial charge in [-0.05, 0) is 184 Å². The summed E-state index contributed by atoms with van der Waals surface area (Å²) in [5, 5.41) is 13.6. The fourth-order valence-electron chi connectivity index (χ4n) is 15.1. The van der Waals surface area contributed by atoms with Gasteiger partial charge in [-0.3, -0.25) is 24.2 Å². The molecule has 530 valence electrons. The third kappa shape index (κ3) is 14.5. The van der Waals surface area contributed by atoms with Crippen molar-refractivity contribution >= 4 is 27.7 Å². The highest BCUT2D eigenvalue weighted by Crippen LogP contribution is 2.47. The van der Waals surface area contributed by atoms with E-state index in [0.717, 1.165) is 17.7 Å². The minimum absolute atomic E-state index is 0. The zero-order valence-corrected chi connectivity index (χ0v) is 56.6. The monoisotopic (exact) mass is 1390 g/mol. The lowest BCUT2D eigenvalue weighted by Crippen LogP contribution is -2.59. The molecule has 12 rings (SSSR count). The number of fused-ring (bicyclic) bond motifs is 6. The predicted molar refractivity (Wildman–Crippen MR) is 345 cm³/mol. The van der Waals surface area contributed by atoms with E-state index >= 15 is 0 Å². The summed E-state index contributed by atoms with van der Waals surface area (Å²) in [6.45, 7) is 16.7. The molecule has 9 heterocycles. The number of amides is 3. The number of rotatable bonds is 9. The number of hydrogen-bond acceptors (Lipinski definition) is 10. The summed E-state index contributed by atoms with van der Waals surface area (Å²) < 4.78 is 172. The molecule has 6 aliphatic rings. The minimum Gasteiger partial charge on any atom is -0.491 e. The maximum absolute atomic E-state index is 14.6. The van der Waals surface area contributed by atoms with Gasteiger partial charge in [-0.15, -0.1) is 0 Å². The molecule has 97 heavy (non-hydrogen) atoms. The standard InChI is InChI=1S/C23H27F4N3O2.C23H29F3N4O3S.C23H28F3N3O2.H2/c1-14(2)32-16-4-5-17(18(24)12-16)21(31)29-10-8-22(9-11-29)19-6-7-20(23(25,26)27)30(19)13-15(3)28-22;1-4-27-34(32,33)18-6-5-17(15-16(18)2)21(31)29-11-9-22(10-12-29)19-7-8-20(23(24,25)26)30(19)14-13-28(22)3;1-21(2,31)17-6-4-16(5-7-17)20(30)28-12-10-22(11-13-28)18-8-9-19(23(24,25)26)29(18)15-14-27(22)3;/h4-7,12,14-15,28H,8-11,13H2,1-3H3;5-8,15,27H,4,9-14H2,1-3H3;4-9,31H,10-15H2,1-3H3;1H. The van der Waals surface area contributed by atoms with E-state index in [0.29, 0.717) is 137 Å². The first kappa shape index (κ1) is 72.5. The van der Waals surface area contributed by atoms with E-state index in [9.17, 15) is 71.8 Å². The van der Waals surface area contributed by atoms with Crippen LogP contribution in [0.5, 0.6) is 5.75 Å². The topological polar surface area (TPSA) is 170 Å². The van der Waals surface area contributed by atoms with Crippen LogP contribution in [0.1, 0.15) is 158 Å². The molecular formula is C69H86F10N10O7S. The summed E-state index contributed by atoms with van der Waals surface area (Å²) in [6, 6.07) is 23.7. The number of aliphatic hydroxyl groups is 1. The van der Waals surface area contributed by atoms with Gasteiger partial charge in [0.25, 0.3) is 17.7 Å². The molecule has 0 aliphatic carbocycles. The fraction of sp³-hybridized carbons (Fsp3) is 0.522. The molecule has 3 aromatic carbocycles. The number of sulfonamides is 1. The second kappa shape index (κ2) is 27.1. The van der Waals surface area contributed by atoms with Crippen molar-refractivity contribution in [3.8, 4) is 5.75 Å². The normalized spacial score (nSPS) is 19.6. The van der Waals surface area contributed by atoms with Crippen LogP contribution >= 0.6 is 0 Å². The number of nitrogens with one attached hydrogen (secondary N) is 2. The molecule has 1 atom stereocenters. The smallest absolute Gasteiger partial charge is 0.431 e. The molecular weight excluding hydrogens is 1300 g/mol. The van der Waals surface area contributed by atoms with Crippen LogP contribution in [0.2, 0.25) is 0 Å². The van der Waals surface area contributed by atoms with E-state index in [1.54, 1.807) is 90.9 Å². The molecule has 3 fully saturated rings. The number of benzene rings is 3. The third-order valence-electron chi connectivity index (χ3n) is 20.1. The maximum atomic E-state index is 14.6. The lowest BCUT2D eigenvalue weighted by molar-refractivity contribution is -0.145. The van der Waals surface area contributed by atoms with E-state index in [2.05, 4.69) is 19.8 Å². The Balaban J connectivity index is 0.000000171. The van der Waals surface area contributed by atoms with Crippen LogP contribution in [-0.4, -0.2) is 155 Å². The van der Waals surface area contributed by atoms with Crippen molar-refractivity contribution in [1.82, 2.24) is 48.2 Å². The summed E-state index contributed by atoms with van der Waals surface area (Å²) in [7, 11) is 0.247. The molecule has 3 amide bonds. The van der Waals surface area contributed by atoms with Crippen molar-refractivity contribution in [2.24, 2.45) is 0 Å². The molecule has 0 saturated carbocycles. The summed E-state index contributed by atoms with van der Waals surface area (Å²) >= 11 is 0. The Morgan fingerprint density at radius 2 is 1.05 bits per heavy atom. The first-order chi connectivity index (χ1) is 45.3. The van der Waals surface area contributed by atoms with Gasteiger partial charge in [-0.25, -0.2) is 17.5 Å². The van der Waals surface area contributed by atoms with Gasteiger partial charge in [0.05, 0.1) is 38.8 Å². The van der Waals surface area contributed by atoms with Gasteiger partial charge >= 0.3 is 18.5 Å². The van der Waals surface area contributed by atoms with Gasteiger partial charge in [0.1, 0.15) is 28.6 Å². The second-order valence-electron chi connectivity index (χ2n) is 27.1. The first-order valence-electron chi connectivity index (χ1n) is 32.6. The summed E-state index contributed by atoms with van der Waals surface area (Å²) in [5.41, 5.74) is -0.516. The molecule has 0 bridgehead atoms. The number of carbonyl (C=O) groups is 3. The van der Waals surface area contributed by atoms with Crippen LogP contribution in [0.15, 0.2) is 102 Å². The number of hydrogen-bond donors (Lipinski definition) is 3. The van der Waals surface area contributed by atoms with Crippen LogP contribution in [0.4, 0.5) is 43.9 Å². The number of aryl methyl sites for hydroxylation is 1. The second-order valence-corrected chi connectivity index (χ2v) is 28.8. The summed E-state index contributed by atoms with van der Waals surface area (Å²) in [4.78, 5) is 48.5. The van der Waals surface area contributed by atoms with Crippen LogP contribution in [-0.2, 0) is 70.4 Å². The number of likely N-dealkylation sites (tertiary alicyclic amines) is 3. The van der Waals surface area contributed by atoms with Crippen molar-refractivity contribution in [3.63, 3.8) is 0 Å². The molecule has 3 saturated heterocycles. The third-order valence-corrected chi connectivity index (χ3v) is 21.8. The number of likely N-dealkylation sites (N-methyl/N-ethyl adjacent to an activating group) is 2. The summed E-state index contributed by atoms with van der Waals surface area (Å²) in [6.07, 6.45) is -10.2. The van der Waals surface area contributed by atoms with E-state index < -0.39 is 79.6 Å². The average molecular weight is 1390 g/mol. The number of piperidine rings is 3. The van der Waals surface area contributed by atoms with Crippen molar-refractivity contribution in [1.29, 1.82) is 0 Å². The van der Waals surface area contributed by atoms with Crippen molar-refractivity contribution < 1.29 is 78.0 Å². The van der Waals surface area contributed by atoms with Crippen LogP contribution in [0.25, 0.3) is 0 Å². The number of carbonyl (C=O) groups excluding carboxylic acids is 3. The number of alkyl halides is 9. The quantitative estimate of drug-likeness (QED) is 0.118. The number of halogens is 10. The van der Waals surface area contributed by atoms with Crippen molar-refractivity contribution in [3.05, 3.63) is 165 Å².